The first-order valence-corrected chi connectivity index (χ1v) is 5.98. The summed E-state index contributed by atoms with van der Waals surface area (Å²) in [6, 6.07) is 5.47. The number of hydrogen-bond acceptors (Lipinski definition) is 4. The standard InChI is InChI=1S/C13H17NO4/c1-9(7-15)14-13(16)5-3-10-2-4-11-12(6-10)18-8-17-11/h2,4,6,9,15H,3,5,7-8H2,1H3,(H,14,16)/t9-/m1/s1. The summed E-state index contributed by atoms with van der Waals surface area (Å²) < 4.78 is 10.5. The molecule has 1 aromatic rings. The molecule has 0 aliphatic carbocycles. The highest BCUT2D eigenvalue weighted by Crippen LogP contribution is 2.32. The molecule has 0 radical (unpaired) electrons. The van der Waals surface area contributed by atoms with Gasteiger partial charge in [-0.05, 0) is 31.0 Å². The molecule has 0 saturated carbocycles. The molecule has 5 nitrogen and oxygen atoms in total. The fraction of sp³-hybridized carbons (Fsp3) is 0.462. The lowest BCUT2D eigenvalue weighted by Crippen LogP contribution is -2.35. The number of hydrogen-bond donors (Lipinski definition) is 2. The molecule has 1 aliphatic heterocycles. The maximum Gasteiger partial charge on any atom is 0.231 e. The molecule has 1 aliphatic rings. The Labute approximate surface area is 106 Å². The van der Waals surface area contributed by atoms with Crippen LogP contribution in [0.25, 0.3) is 0 Å². The number of fused-ring (bicyclic) bond motifs is 1. The molecule has 2 rings (SSSR count). The van der Waals surface area contributed by atoms with Gasteiger partial charge in [-0.3, -0.25) is 4.79 Å². The normalized spacial score (nSPS) is 14.3. The molecule has 1 atom stereocenters. The summed E-state index contributed by atoms with van der Waals surface area (Å²) in [7, 11) is 0. The van der Waals surface area contributed by atoms with Crippen molar-refractivity contribution in [2.24, 2.45) is 0 Å². The van der Waals surface area contributed by atoms with Crippen LogP contribution in [0.4, 0.5) is 0 Å². The van der Waals surface area contributed by atoms with Crippen molar-refractivity contribution >= 4 is 5.91 Å². The molecule has 2 N–H and O–H groups in total. The molecule has 5 heteroatoms. The number of aryl methyl sites for hydroxylation is 1. The van der Waals surface area contributed by atoms with Crippen molar-refractivity contribution in [2.45, 2.75) is 25.8 Å². The van der Waals surface area contributed by atoms with Crippen molar-refractivity contribution in [3.05, 3.63) is 23.8 Å². The molecule has 0 spiro atoms. The van der Waals surface area contributed by atoms with E-state index in [1.807, 2.05) is 18.2 Å². The van der Waals surface area contributed by atoms with Gasteiger partial charge in [0.15, 0.2) is 11.5 Å². The zero-order valence-corrected chi connectivity index (χ0v) is 10.3. The van der Waals surface area contributed by atoms with Gasteiger partial charge in [0, 0.05) is 12.5 Å². The van der Waals surface area contributed by atoms with Gasteiger partial charge in [-0.2, -0.15) is 0 Å². The maximum absolute atomic E-state index is 11.5. The number of aliphatic hydroxyl groups is 1. The van der Waals surface area contributed by atoms with Gasteiger partial charge in [-0.1, -0.05) is 6.07 Å². The second-order valence-electron chi connectivity index (χ2n) is 4.34. The Balaban J connectivity index is 1.85. The minimum absolute atomic E-state index is 0.0459. The van der Waals surface area contributed by atoms with Crippen LogP contribution in [-0.4, -0.2) is 30.5 Å². The molecular formula is C13H17NO4. The van der Waals surface area contributed by atoms with E-state index >= 15 is 0 Å². The third-order valence-electron chi connectivity index (χ3n) is 2.76. The van der Waals surface area contributed by atoms with Gasteiger partial charge >= 0.3 is 0 Å². The first-order chi connectivity index (χ1) is 8.69. The molecule has 18 heavy (non-hydrogen) atoms. The van der Waals surface area contributed by atoms with Crippen molar-refractivity contribution in [3.63, 3.8) is 0 Å². The summed E-state index contributed by atoms with van der Waals surface area (Å²) in [5.74, 6) is 1.42. The zero-order chi connectivity index (χ0) is 13.0. The lowest BCUT2D eigenvalue weighted by atomic mass is 10.1. The van der Waals surface area contributed by atoms with Gasteiger partial charge in [-0.15, -0.1) is 0 Å². The summed E-state index contributed by atoms with van der Waals surface area (Å²) in [5.41, 5.74) is 1.03. The van der Waals surface area contributed by atoms with Gasteiger partial charge in [0.05, 0.1) is 6.61 Å². The van der Waals surface area contributed by atoms with Crippen LogP contribution < -0.4 is 14.8 Å². The van der Waals surface area contributed by atoms with E-state index in [-0.39, 0.29) is 25.3 Å². The highest BCUT2D eigenvalue weighted by Gasteiger charge is 2.13. The topological polar surface area (TPSA) is 67.8 Å². The van der Waals surface area contributed by atoms with Gasteiger partial charge < -0.3 is 19.9 Å². The Bertz CT molecular complexity index is 433. The quantitative estimate of drug-likeness (QED) is 0.814. The van der Waals surface area contributed by atoms with Crippen LogP contribution in [0.3, 0.4) is 0 Å². The number of aliphatic hydroxyl groups excluding tert-OH is 1. The second kappa shape index (κ2) is 5.73. The number of carbonyl (C=O) groups excluding carboxylic acids is 1. The van der Waals surface area contributed by atoms with Crippen LogP contribution in [0.5, 0.6) is 11.5 Å². The van der Waals surface area contributed by atoms with Crippen LogP contribution in [-0.2, 0) is 11.2 Å². The maximum atomic E-state index is 11.5. The van der Waals surface area contributed by atoms with Crippen LogP contribution in [0.1, 0.15) is 18.9 Å². The molecule has 98 valence electrons. The van der Waals surface area contributed by atoms with Crippen LogP contribution in [0.2, 0.25) is 0 Å². The highest BCUT2D eigenvalue weighted by atomic mass is 16.7. The summed E-state index contributed by atoms with van der Waals surface area (Å²) in [5, 5.41) is 11.5. The Morgan fingerprint density at radius 1 is 1.44 bits per heavy atom. The molecule has 0 aromatic heterocycles. The van der Waals surface area contributed by atoms with Crippen molar-refractivity contribution in [1.82, 2.24) is 5.32 Å². The molecule has 0 saturated heterocycles. The Morgan fingerprint density at radius 2 is 2.22 bits per heavy atom. The minimum Gasteiger partial charge on any atom is -0.454 e. The van der Waals surface area contributed by atoms with Crippen molar-refractivity contribution in [3.8, 4) is 11.5 Å². The summed E-state index contributed by atoms with van der Waals surface area (Å²) in [6.07, 6.45) is 1.03. The second-order valence-corrected chi connectivity index (χ2v) is 4.34. The van der Waals surface area contributed by atoms with E-state index in [0.29, 0.717) is 12.8 Å². The molecule has 0 unspecified atom stereocenters. The van der Waals surface area contributed by atoms with Gasteiger partial charge in [0.1, 0.15) is 0 Å². The van der Waals surface area contributed by atoms with Crippen molar-refractivity contribution in [2.75, 3.05) is 13.4 Å². The Kier molecular flexibility index (Phi) is 4.04. The third kappa shape index (κ3) is 3.13. The molecular weight excluding hydrogens is 234 g/mol. The van der Waals surface area contributed by atoms with E-state index < -0.39 is 0 Å². The van der Waals surface area contributed by atoms with Gasteiger partial charge in [0.25, 0.3) is 0 Å². The fourth-order valence-corrected chi connectivity index (χ4v) is 1.75. The van der Waals surface area contributed by atoms with E-state index in [9.17, 15) is 4.79 Å². The molecule has 0 fully saturated rings. The van der Waals surface area contributed by atoms with E-state index in [2.05, 4.69) is 5.32 Å². The SMILES string of the molecule is C[C@H](CO)NC(=O)CCc1ccc2c(c1)OCO2. The zero-order valence-electron chi connectivity index (χ0n) is 10.3. The van der Waals surface area contributed by atoms with Crippen molar-refractivity contribution < 1.29 is 19.4 Å². The number of rotatable bonds is 5. The largest absolute Gasteiger partial charge is 0.454 e. The predicted molar refractivity (Wildman–Crippen MR) is 65.6 cm³/mol. The average Bonchev–Trinajstić information content (AvgIpc) is 2.83. The number of carbonyl (C=O) groups is 1. The lowest BCUT2D eigenvalue weighted by molar-refractivity contribution is -0.121. The van der Waals surface area contributed by atoms with Crippen molar-refractivity contribution in [1.29, 1.82) is 0 Å². The van der Waals surface area contributed by atoms with Crippen LogP contribution in [0, 0.1) is 0 Å². The molecule has 1 aromatic carbocycles. The van der Waals surface area contributed by atoms with Crippen LogP contribution in [0.15, 0.2) is 18.2 Å². The van der Waals surface area contributed by atoms with Gasteiger partial charge in [-0.25, -0.2) is 0 Å². The number of benzene rings is 1. The Morgan fingerprint density at radius 3 is 3.00 bits per heavy atom. The monoisotopic (exact) mass is 251 g/mol. The van der Waals surface area contributed by atoms with E-state index in [1.54, 1.807) is 6.92 Å². The third-order valence-corrected chi connectivity index (χ3v) is 2.76. The molecule has 0 bridgehead atoms. The first kappa shape index (κ1) is 12.7. The highest BCUT2D eigenvalue weighted by molar-refractivity contribution is 5.76. The fourth-order valence-electron chi connectivity index (χ4n) is 1.75. The average molecular weight is 251 g/mol. The number of ether oxygens (including phenoxy) is 2. The number of nitrogens with one attached hydrogen (secondary N) is 1. The lowest BCUT2D eigenvalue weighted by Gasteiger charge is -2.10. The van der Waals surface area contributed by atoms with Crippen LogP contribution >= 0.6 is 0 Å². The molecule has 1 amide bonds. The smallest absolute Gasteiger partial charge is 0.231 e. The predicted octanol–water partition coefficient (Wildman–Crippen LogP) is 0.845. The molecule has 1 heterocycles. The van der Waals surface area contributed by atoms with E-state index in [1.165, 1.54) is 0 Å². The Hall–Kier alpha value is -1.75. The van der Waals surface area contributed by atoms with Gasteiger partial charge in [0.2, 0.25) is 12.7 Å². The number of amides is 1. The van der Waals surface area contributed by atoms with E-state index in [4.69, 9.17) is 14.6 Å². The summed E-state index contributed by atoms with van der Waals surface area (Å²) in [4.78, 5) is 11.5. The minimum atomic E-state index is -0.200. The first-order valence-electron chi connectivity index (χ1n) is 5.98. The summed E-state index contributed by atoms with van der Waals surface area (Å²) >= 11 is 0. The van der Waals surface area contributed by atoms with E-state index in [0.717, 1.165) is 17.1 Å². The summed E-state index contributed by atoms with van der Waals surface area (Å²) in [6.45, 7) is 1.97.